The molecule has 0 amide bonds. The van der Waals surface area contributed by atoms with Gasteiger partial charge in [-0.2, -0.15) is 0 Å². The van der Waals surface area contributed by atoms with Crippen molar-refractivity contribution in [1.29, 1.82) is 0 Å². The number of aryl methyl sites for hydroxylation is 1. The van der Waals surface area contributed by atoms with Gasteiger partial charge in [0.25, 0.3) is 0 Å². The number of hydrogen-bond acceptors (Lipinski definition) is 4. The van der Waals surface area contributed by atoms with E-state index in [1.54, 1.807) is 0 Å². The van der Waals surface area contributed by atoms with E-state index in [-0.39, 0.29) is 17.6 Å². The van der Waals surface area contributed by atoms with Gasteiger partial charge in [0.2, 0.25) is 0 Å². The molecule has 0 aromatic heterocycles. The number of nitrogens with one attached hydrogen (secondary N) is 1. The third-order valence-electron chi connectivity index (χ3n) is 8.17. The molecule has 1 N–H and O–H groups in total. The molecule has 0 fully saturated rings. The lowest BCUT2D eigenvalue weighted by molar-refractivity contribution is -0.167. The minimum Gasteiger partial charge on any atom is -0.485 e. The first-order valence-corrected chi connectivity index (χ1v) is 15.1. The molecule has 4 heteroatoms. The maximum absolute atomic E-state index is 6.72. The summed E-state index contributed by atoms with van der Waals surface area (Å²) >= 11 is 0. The van der Waals surface area contributed by atoms with Crippen molar-refractivity contribution < 1.29 is 14.2 Å². The molecule has 5 rings (SSSR count). The molecule has 0 saturated heterocycles. The van der Waals surface area contributed by atoms with Crippen molar-refractivity contribution in [2.24, 2.45) is 0 Å². The highest BCUT2D eigenvalue weighted by Gasteiger charge is 2.45. The fourth-order valence-electron chi connectivity index (χ4n) is 5.55. The van der Waals surface area contributed by atoms with Crippen LogP contribution in [0.15, 0.2) is 97.1 Å². The molecular weight excluding hydrogens is 518 g/mol. The van der Waals surface area contributed by atoms with E-state index in [0.29, 0.717) is 13.2 Å². The van der Waals surface area contributed by atoms with Crippen molar-refractivity contribution in [2.45, 2.75) is 84.3 Å². The number of ether oxygens (including phenoxy) is 3. The second-order valence-corrected chi connectivity index (χ2v) is 12.9. The zero-order valence-electron chi connectivity index (χ0n) is 25.9. The molecule has 42 heavy (non-hydrogen) atoms. The zero-order chi connectivity index (χ0) is 29.7. The quantitative estimate of drug-likeness (QED) is 0.209. The van der Waals surface area contributed by atoms with E-state index in [0.717, 1.165) is 35.5 Å². The standard InChI is InChI=1S/C38H45NO3/c1-27-12-10-11-15-30(27)25-39-32-20-21-34-33(24-32)35(40-23-22-28-13-8-7-9-14-28)36(38(5,6)42-34)41-26-29-16-18-31(19-17-29)37(2,3)4/h7-21,24,35-36,39H,22-23,25-26H2,1-6H3. The fourth-order valence-corrected chi connectivity index (χ4v) is 5.55. The van der Waals surface area contributed by atoms with Crippen LogP contribution < -0.4 is 10.1 Å². The summed E-state index contributed by atoms with van der Waals surface area (Å²) in [5, 5.41) is 3.61. The summed E-state index contributed by atoms with van der Waals surface area (Å²) in [7, 11) is 0. The fraction of sp³-hybridized carbons (Fsp3) is 0.368. The van der Waals surface area contributed by atoms with Crippen LogP contribution >= 0.6 is 0 Å². The van der Waals surface area contributed by atoms with Gasteiger partial charge >= 0.3 is 0 Å². The van der Waals surface area contributed by atoms with Gasteiger partial charge in [-0.15, -0.1) is 0 Å². The summed E-state index contributed by atoms with van der Waals surface area (Å²) in [5.41, 5.74) is 7.86. The van der Waals surface area contributed by atoms with Gasteiger partial charge in [0.15, 0.2) is 0 Å². The van der Waals surface area contributed by atoms with Gasteiger partial charge in [-0.25, -0.2) is 0 Å². The van der Waals surface area contributed by atoms with Gasteiger partial charge in [0.1, 0.15) is 23.6 Å². The first-order chi connectivity index (χ1) is 20.1. The molecule has 4 aromatic carbocycles. The van der Waals surface area contributed by atoms with Crippen LogP contribution in [0, 0.1) is 6.92 Å². The minimum absolute atomic E-state index is 0.116. The number of rotatable bonds is 10. The largest absolute Gasteiger partial charge is 0.485 e. The van der Waals surface area contributed by atoms with Crippen LogP contribution in [0.2, 0.25) is 0 Å². The van der Waals surface area contributed by atoms with E-state index in [9.17, 15) is 0 Å². The van der Waals surface area contributed by atoms with Crippen LogP contribution in [0.5, 0.6) is 5.75 Å². The molecule has 220 valence electrons. The highest BCUT2D eigenvalue weighted by Crippen LogP contribution is 2.44. The minimum atomic E-state index is -0.578. The molecule has 0 saturated carbocycles. The molecular formula is C38H45NO3. The predicted octanol–water partition coefficient (Wildman–Crippen LogP) is 8.96. The van der Waals surface area contributed by atoms with E-state index >= 15 is 0 Å². The second kappa shape index (κ2) is 12.7. The van der Waals surface area contributed by atoms with Crippen molar-refractivity contribution in [3.05, 3.63) is 130 Å². The number of benzene rings is 4. The lowest BCUT2D eigenvalue weighted by atomic mass is 9.86. The zero-order valence-corrected chi connectivity index (χ0v) is 25.9. The third kappa shape index (κ3) is 7.24. The second-order valence-electron chi connectivity index (χ2n) is 12.9. The van der Waals surface area contributed by atoms with Crippen LogP contribution in [0.1, 0.15) is 74.1 Å². The Morgan fingerprint density at radius 2 is 1.52 bits per heavy atom. The van der Waals surface area contributed by atoms with E-state index in [2.05, 4.69) is 138 Å². The molecule has 2 unspecified atom stereocenters. The Morgan fingerprint density at radius 3 is 2.24 bits per heavy atom. The highest BCUT2D eigenvalue weighted by atomic mass is 16.6. The van der Waals surface area contributed by atoms with Crippen molar-refractivity contribution >= 4 is 5.69 Å². The van der Waals surface area contributed by atoms with Gasteiger partial charge in [-0.05, 0) is 78.6 Å². The first-order valence-electron chi connectivity index (χ1n) is 15.1. The van der Waals surface area contributed by atoms with Crippen molar-refractivity contribution in [3.63, 3.8) is 0 Å². The van der Waals surface area contributed by atoms with Gasteiger partial charge < -0.3 is 19.5 Å². The maximum Gasteiger partial charge on any atom is 0.132 e. The Kier molecular flexibility index (Phi) is 9.05. The number of anilines is 1. The average Bonchev–Trinajstić information content (AvgIpc) is 2.96. The lowest BCUT2D eigenvalue weighted by Gasteiger charge is -2.44. The molecule has 1 aliphatic rings. The molecule has 0 aliphatic carbocycles. The average molecular weight is 564 g/mol. The SMILES string of the molecule is Cc1ccccc1CNc1ccc2c(c1)C(OCCc1ccccc1)C(OCc1ccc(C(C)(C)C)cc1)C(C)(C)O2. The maximum atomic E-state index is 6.72. The summed E-state index contributed by atoms with van der Waals surface area (Å²) < 4.78 is 20.0. The molecule has 4 nitrogen and oxygen atoms in total. The Balaban J connectivity index is 1.38. The van der Waals surface area contributed by atoms with Crippen LogP contribution in [-0.2, 0) is 34.5 Å². The molecule has 1 aliphatic heterocycles. The lowest BCUT2D eigenvalue weighted by Crippen LogP contribution is -2.51. The summed E-state index contributed by atoms with van der Waals surface area (Å²) in [4.78, 5) is 0. The van der Waals surface area contributed by atoms with Crippen LogP contribution in [0.4, 0.5) is 5.69 Å². The topological polar surface area (TPSA) is 39.7 Å². The molecule has 0 spiro atoms. The normalized spacial score (nSPS) is 17.8. The van der Waals surface area contributed by atoms with E-state index in [1.807, 2.05) is 6.07 Å². The summed E-state index contributed by atoms with van der Waals surface area (Å²) in [6, 6.07) is 34.0. The van der Waals surface area contributed by atoms with E-state index < -0.39 is 5.60 Å². The molecule has 0 radical (unpaired) electrons. The van der Waals surface area contributed by atoms with Gasteiger partial charge in [-0.1, -0.05) is 99.6 Å². The Bertz CT molecular complexity index is 1450. The van der Waals surface area contributed by atoms with Crippen LogP contribution in [0.3, 0.4) is 0 Å². The number of fused-ring (bicyclic) bond motifs is 1. The van der Waals surface area contributed by atoms with Crippen LogP contribution in [-0.4, -0.2) is 18.3 Å². The van der Waals surface area contributed by atoms with E-state index in [4.69, 9.17) is 14.2 Å². The molecule has 2 atom stereocenters. The van der Waals surface area contributed by atoms with Crippen molar-refractivity contribution in [2.75, 3.05) is 11.9 Å². The Labute approximate surface area is 252 Å². The van der Waals surface area contributed by atoms with Crippen LogP contribution in [0.25, 0.3) is 0 Å². The van der Waals surface area contributed by atoms with Gasteiger partial charge in [-0.3, -0.25) is 0 Å². The molecule has 0 bridgehead atoms. The highest BCUT2D eigenvalue weighted by molar-refractivity contribution is 5.54. The summed E-state index contributed by atoms with van der Waals surface area (Å²) in [6.07, 6.45) is 0.261. The molecule has 4 aromatic rings. The smallest absolute Gasteiger partial charge is 0.132 e. The summed E-state index contributed by atoms with van der Waals surface area (Å²) in [5.74, 6) is 0.848. The predicted molar refractivity (Wildman–Crippen MR) is 172 cm³/mol. The third-order valence-corrected chi connectivity index (χ3v) is 8.17. The Hall–Kier alpha value is -3.60. The molecule has 1 heterocycles. The van der Waals surface area contributed by atoms with Crippen molar-refractivity contribution in [3.8, 4) is 5.75 Å². The summed E-state index contributed by atoms with van der Waals surface area (Å²) in [6.45, 7) is 14.9. The number of hydrogen-bond donors (Lipinski definition) is 1. The first kappa shape index (κ1) is 29.9. The van der Waals surface area contributed by atoms with Crippen molar-refractivity contribution in [1.82, 2.24) is 0 Å². The monoisotopic (exact) mass is 563 g/mol. The van der Waals surface area contributed by atoms with Gasteiger partial charge in [0.05, 0.1) is 13.2 Å². The van der Waals surface area contributed by atoms with E-state index in [1.165, 1.54) is 22.3 Å². The van der Waals surface area contributed by atoms with Gasteiger partial charge in [0, 0.05) is 17.8 Å². The Morgan fingerprint density at radius 1 is 0.810 bits per heavy atom.